The van der Waals surface area contributed by atoms with E-state index in [1.165, 1.54) is 12.8 Å². The van der Waals surface area contributed by atoms with Crippen LogP contribution < -0.4 is 4.74 Å². The molecule has 0 spiro atoms. The number of hydrogen-bond acceptors (Lipinski definition) is 6. The maximum absolute atomic E-state index is 13.6. The van der Waals surface area contributed by atoms with Crippen LogP contribution in [0.3, 0.4) is 0 Å². The molecule has 0 saturated heterocycles. The van der Waals surface area contributed by atoms with Gasteiger partial charge in [0.25, 0.3) is 5.91 Å². The topological polar surface area (TPSA) is 95.9 Å². The first-order chi connectivity index (χ1) is 17.9. The number of carbonyl (C=O) groups is 2. The summed E-state index contributed by atoms with van der Waals surface area (Å²) < 4.78 is 6.31. The van der Waals surface area contributed by atoms with Crippen LogP contribution >= 0.6 is 0 Å². The lowest BCUT2D eigenvalue weighted by molar-refractivity contribution is -0.130. The fraction of sp³-hybridized carbons (Fsp3) is 0.517. The average Bonchev–Trinajstić information content (AvgIpc) is 3.43. The molecule has 3 atom stereocenters. The van der Waals surface area contributed by atoms with Crippen LogP contribution in [0.4, 0.5) is 0 Å². The van der Waals surface area contributed by atoms with Crippen LogP contribution in [0, 0.1) is 23.7 Å². The number of ether oxygens (including phenoxy) is 1. The SMILES string of the molecule is C[C@@H]1CN([C@H](C)CO)C(=O)c2cc(C#CC3CCCC3)cnc2O[C@@H]1CN(C)C(=O)Cc1ccccn1. The third-order valence-corrected chi connectivity index (χ3v) is 7.23. The van der Waals surface area contributed by atoms with Gasteiger partial charge < -0.3 is 19.6 Å². The number of hydrogen-bond donors (Lipinski definition) is 1. The predicted octanol–water partition coefficient (Wildman–Crippen LogP) is 2.94. The van der Waals surface area contributed by atoms with Crippen molar-refractivity contribution in [3.05, 3.63) is 53.5 Å². The molecule has 0 aromatic carbocycles. The van der Waals surface area contributed by atoms with Crippen LogP contribution in [0.25, 0.3) is 0 Å². The molecule has 1 fully saturated rings. The maximum Gasteiger partial charge on any atom is 0.259 e. The molecule has 2 aromatic rings. The Morgan fingerprint density at radius 2 is 2.08 bits per heavy atom. The van der Waals surface area contributed by atoms with Gasteiger partial charge in [-0.2, -0.15) is 0 Å². The van der Waals surface area contributed by atoms with E-state index in [1.54, 1.807) is 35.3 Å². The van der Waals surface area contributed by atoms with Crippen molar-refractivity contribution in [1.82, 2.24) is 19.8 Å². The van der Waals surface area contributed by atoms with Crippen molar-refractivity contribution in [3.63, 3.8) is 0 Å². The monoisotopic (exact) mass is 504 g/mol. The number of aromatic nitrogens is 2. The molecule has 4 rings (SSSR count). The molecule has 1 aliphatic carbocycles. The fourth-order valence-corrected chi connectivity index (χ4v) is 4.81. The minimum Gasteiger partial charge on any atom is -0.472 e. The summed E-state index contributed by atoms with van der Waals surface area (Å²) >= 11 is 0. The molecule has 8 nitrogen and oxygen atoms in total. The Kier molecular flexibility index (Phi) is 8.78. The predicted molar refractivity (Wildman–Crippen MR) is 140 cm³/mol. The van der Waals surface area contributed by atoms with Gasteiger partial charge in [-0.1, -0.05) is 37.7 Å². The molecule has 2 amide bonds. The lowest BCUT2D eigenvalue weighted by Gasteiger charge is -2.37. The van der Waals surface area contributed by atoms with Gasteiger partial charge in [-0.3, -0.25) is 14.6 Å². The molecule has 37 heavy (non-hydrogen) atoms. The number of aliphatic hydroxyl groups excluding tert-OH is 1. The van der Waals surface area contributed by atoms with E-state index in [0.717, 1.165) is 12.8 Å². The number of likely N-dealkylation sites (N-methyl/N-ethyl adjacent to an activating group) is 1. The van der Waals surface area contributed by atoms with Gasteiger partial charge in [0.1, 0.15) is 11.7 Å². The van der Waals surface area contributed by atoms with Crippen molar-refractivity contribution >= 4 is 11.8 Å². The first-order valence-corrected chi connectivity index (χ1v) is 13.1. The van der Waals surface area contributed by atoms with Gasteiger partial charge in [0.15, 0.2) is 0 Å². The lowest BCUT2D eigenvalue weighted by Crippen LogP contribution is -2.50. The quantitative estimate of drug-likeness (QED) is 0.608. The lowest BCUT2D eigenvalue weighted by atomic mass is 9.99. The third kappa shape index (κ3) is 6.66. The summed E-state index contributed by atoms with van der Waals surface area (Å²) in [6, 6.07) is 6.87. The molecular formula is C29H36N4O4. The van der Waals surface area contributed by atoms with Crippen LogP contribution in [0.15, 0.2) is 36.7 Å². The van der Waals surface area contributed by atoms with Crippen molar-refractivity contribution in [2.24, 2.45) is 11.8 Å². The molecule has 2 aliphatic rings. The highest BCUT2D eigenvalue weighted by molar-refractivity contribution is 5.97. The third-order valence-electron chi connectivity index (χ3n) is 7.23. The van der Waals surface area contributed by atoms with E-state index in [0.29, 0.717) is 35.8 Å². The van der Waals surface area contributed by atoms with E-state index in [1.807, 2.05) is 32.0 Å². The Balaban J connectivity index is 1.58. The number of carbonyl (C=O) groups excluding carboxylic acids is 2. The van der Waals surface area contributed by atoms with Crippen molar-refractivity contribution in [1.29, 1.82) is 0 Å². The van der Waals surface area contributed by atoms with Crippen LogP contribution in [0.1, 0.15) is 61.1 Å². The second kappa shape index (κ2) is 12.2. The number of rotatable bonds is 6. The summed E-state index contributed by atoms with van der Waals surface area (Å²) in [7, 11) is 1.75. The number of fused-ring (bicyclic) bond motifs is 1. The van der Waals surface area contributed by atoms with Gasteiger partial charge in [0.05, 0.1) is 25.6 Å². The van der Waals surface area contributed by atoms with Gasteiger partial charge in [0.2, 0.25) is 11.8 Å². The Morgan fingerprint density at radius 1 is 1.30 bits per heavy atom. The minimum atomic E-state index is -0.402. The van der Waals surface area contributed by atoms with Crippen molar-refractivity contribution in [2.45, 2.75) is 58.1 Å². The van der Waals surface area contributed by atoms with E-state index in [9.17, 15) is 14.7 Å². The fourth-order valence-electron chi connectivity index (χ4n) is 4.81. The number of aliphatic hydroxyl groups is 1. The highest BCUT2D eigenvalue weighted by Crippen LogP contribution is 2.28. The highest BCUT2D eigenvalue weighted by atomic mass is 16.5. The smallest absolute Gasteiger partial charge is 0.259 e. The van der Waals surface area contributed by atoms with Crippen LogP contribution in [0.2, 0.25) is 0 Å². The van der Waals surface area contributed by atoms with Gasteiger partial charge in [-0.05, 0) is 38.0 Å². The Bertz CT molecular complexity index is 1150. The zero-order valence-electron chi connectivity index (χ0n) is 21.9. The molecule has 0 unspecified atom stereocenters. The first-order valence-electron chi connectivity index (χ1n) is 13.1. The molecule has 1 aliphatic heterocycles. The van der Waals surface area contributed by atoms with Crippen molar-refractivity contribution in [3.8, 4) is 17.7 Å². The summed E-state index contributed by atoms with van der Waals surface area (Å²) in [5, 5.41) is 9.86. The number of nitrogens with zero attached hydrogens (tertiary/aromatic N) is 4. The first kappa shape index (κ1) is 26.6. The summed E-state index contributed by atoms with van der Waals surface area (Å²) in [5.41, 5.74) is 1.71. The Hall–Kier alpha value is -3.44. The van der Waals surface area contributed by atoms with Gasteiger partial charge in [-0.15, -0.1) is 0 Å². The molecule has 3 heterocycles. The number of pyridine rings is 2. The Labute approximate surface area is 219 Å². The molecule has 8 heteroatoms. The van der Waals surface area contributed by atoms with E-state index in [4.69, 9.17) is 4.74 Å². The normalized spacial score (nSPS) is 20.6. The van der Waals surface area contributed by atoms with Crippen LogP contribution in [0.5, 0.6) is 5.88 Å². The standard InChI is InChI=1S/C29H36N4O4/c1-20-17-33(21(2)19-34)29(36)25-14-23(12-11-22-8-4-5-9-22)16-31-28(25)37-26(20)18-32(3)27(35)15-24-10-6-7-13-30-24/h6-7,10,13-14,16,20-22,26,34H,4-5,8-9,15,17-19H2,1-3H3/t20-,21-,26-/m1/s1. The van der Waals surface area contributed by atoms with Gasteiger partial charge >= 0.3 is 0 Å². The van der Waals surface area contributed by atoms with Gasteiger partial charge in [0, 0.05) is 49.1 Å². The van der Waals surface area contributed by atoms with E-state index in [2.05, 4.69) is 21.8 Å². The molecule has 0 radical (unpaired) electrons. The van der Waals surface area contributed by atoms with E-state index in [-0.39, 0.29) is 42.7 Å². The average molecular weight is 505 g/mol. The van der Waals surface area contributed by atoms with Crippen LogP contribution in [-0.4, -0.2) is 75.6 Å². The highest BCUT2D eigenvalue weighted by Gasteiger charge is 2.34. The van der Waals surface area contributed by atoms with Gasteiger partial charge in [-0.25, -0.2) is 4.98 Å². The van der Waals surface area contributed by atoms with E-state index >= 15 is 0 Å². The zero-order valence-corrected chi connectivity index (χ0v) is 21.9. The molecule has 1 saturated carbocycles. The molecular weight excluding hydrogens is 468 g/mol. The molecule has 196 valence electrons. The summed E-state index contributed by atoms with van der Waals surface area (Å²) in [5.74, 6) is 6.72. The van der Waals surface area contributed by atoms with Crippen LogP contribution in [-0.2, 0) is 11.2 Å². The summed E-state index contributed by atoms with van der Waals surface area (Å²) in [6.45, 7) is 4.36. The second-order valence-corrected chi connectivity index (χ2v) is 10.2. The molecule has 0 bridgehead atoms. The second-order valence-electron chi connectivity index (χ2n) is 10.2. The number of amides is 2. The minimum absolute atomic E-state index is 0.0704. The Morgan fingerprint density at radius 3 is 2.78 bits per heavy atom. The zero-order chi connectivity index (χ0) is 26.4. The maximum atomic E-state index is 13.6. The molecule has 2 aromatic heterocycles. The van der Waals surface area contributed by atoms with Crippen molar-refractivity contribution < 1.29 is 19.4 Å². The summed E-state index contributed by atoms with van der Waals surface area (Å²) in [6.07, 6.45) is 7.76. The largest absolute Gasteiger partial charge is 0.472 e. The van der Waals surface area contributed by atoms with Crippen molar-refractivity contribution in [2.75, 3.05) is 26.7 Å². The van der Waals surface area contributed by atoms with E-state index < -0.39 is 6.10 Å². The summed E-state index contributed by atoms with van der Waals surface area (Å²) in [4.78, 5) is 38.5. The molecule has 1 N–H and O–H groups in total.